The molecule has 0 radical (unpaired) electrons. The topological polar surface area (TPSA) is 55.1 Å². The van der Waals surface area contributed by atoms with Crippen LogP contribution >= 0.6 is 35.0 Å². The number of carbonyl (C=O) groups is 1. The van der Waals surface area contributed by atoms with Gasteiger partial charge in [-0.2, -0.15) is 0 Å². The van der Waals surface area contributed by atoms with Gasteiger partial charge in [0.25, 0.3) is 0 Å². The van der Waals surface area contributed by atoms with Crippen LogP contribution in [0.15, 0.2) is 41.3 Å². The molecule has 3 nitrogen and oxygen atoms in total. The summed E-state index contributed by atoms with van der Waals surface area (Å²) in [5.74, 6) is -0.0619. The van der Waals surface area contributed by atoms with Crippen LogP contribution in [-0.4, -0.2) is 11.2 Å². The molecule has 1 unspecified atom stereocenters. The molecule has 3 rings (SSSR count). The van der Waals surface area contributed by atoms with Crippen LogP contribution in [0.4, 0.5) is 11.4 Å². The van der Waals surface area contributed by atoms with Gasteiger partial charge in [-0.3, -0.25) is 4.79 Å². The number of hydrogen-bond acceptors (Lipinski definition) is 3. The molecule has 0 bridgehead atoms. The highest BCUT2D eigenvalue weighted by Crippen LogP contribution is 2.38. The van der Waals surface area contributed by atoms with Gasteiger partial charge in [0, 0.05) is 10.6 Å². The lowest BCUT2D eigenvalue weighted by Crippen LogP contribution is -2.24. The maximum Gasteiger partial charge on any atom is 0.238 e. The first-order chi connectivity index (χ1) is 10.0. The van der Waals surface area contributed by atoms with E-state index in [2.05, 4.69) is 5.32 Å². The minimum absolute atomic E-state index is 0.0619. The van der Waals surface area contributed by atoms with Crippen LogP contribution in [0.3, 0.4) is 0 Å². The first kappa shape index (κ1) is 14.6. The van der Waals surface area contributed by atoms with E-state index in [0.29, 0.717) is 21.4 Å². The fourth-order valence-corrected chi connectivity index (χ4v) is 3.89. The van der Waals surface area contributed by atoms with Gasteiger partial charge in [0.15, 0.2) is 0 Å². The molecular formula is C15H12Cl2N2OS. The standard InChI is InChI=1S/C15H12Cl2N2OS/c16-10-6-9(7-11(17)14(10)18)19-15(20)13-5-8-3-1-2-4-12(8)21-13/h1-4,6-7,13H,5,18H2,(H,19,20). The van der Waals surface area contributed by atoms with Crippen LogP contribution in [0.5, 0.6) is 0 Å². The normalized spacial score (nSPS) is 16.6. The zero-order chi connectivity index (χ0) is 15.0. The zero-order valence-electron chi connectivity index (χ0n) is 10.9. The second-order valence-electron chi connectivity index (χ2n) is 4.76. The van der Waals surface area contributed by atoms with Gasteiger partial charge in [-0.25, -0.2) is 0 Å². The largest absolute Gasteiger partial charge is 0.396 e. The Labute approximate surface area is 136 Å². The fraction of sp³-hybridized carbons (Fsp3) is 0.133. The Morgan fingerprint density at radius 1 is 1.24 bits per heavy atom. The number of rotatable bonds is 2. The Morgan fingerprint density at radius 2 is 1.90 bits per heavy atom. The monoisotopic (exact) mass is 338 g/mol. The van der Waals surface area contributed by atoms with Crippen molar-refractivity contribution in [3.05, 3.63) is 52.0 Å². The van der Waals surface area contributed by atoms with E-state index < -0.39 is 0 Å². The quantitative estimate of drug-likeness (QED) is 0.805. The number of halogens is 2. The van der Waals surface area contributed by atoms with Crippen molar-refractivity contribution < 1.29 is 4.79 Å². The molecule has 2 aromatic carbocycles. The minimum Gasteiger partial charge on any atom is -0.396 e. The molecule has 1 heterocycles. The van der Waals surface area contributed by atoms with E-state index in [1.54, 1.807) is 23.9 Å². The molecule has 21 heavy (non-hydrogen) atoms. The molecule has 0 saturated carbocycles. The summed E-state index contributed by atoms with van der Waals surface area (Å²) in [6.07, 6.45) is 0.725. The Morgan fingerprint density at radius 3 is 2.57 bits per heavy atom. The van der Waals surface area contributed by atoms with Crippen molar-refractivity contribution in [2.75, 3.05) is 11.1 Å². The lowest BCUT2D eigenvalue weighted by molar-refractivity contribution is -0.115. The van der Waals surface area contributed by atoms with Crippen molar-refractivity contribution in [1.82, 2.24) is 0 Å². The molecule has 0 saturated heterocycles. The molecule has 0 aromatic heterocycles. The van der Waals surface area contributed by atoms with Crippen molar-refractivity contribution >= 4 is 52.2 Å². The van der Waals surface area contributed by atoms with Crippen LogP contribution in [0.2, 0.25) is 10.0 Å². The van der Waals surface area contributed by atoms with E-state index in [9.17, 15) is 4.79 Å². The van der Waals surface area contributed by atoms with Gasteiger partial charge < -0.3 is 11.1 Å². The number of nitrogens with two attached hydrogens (primary N) is 1. The van der Waals surface area contributed by atoms with Gasteiger partial charge >= 0.3 is 0 Å². The van der Waals surface area contributed by atoms with Crippen LogP contribution in [0.25, 0.3) is 0 Å². The highest BCUT2D eigenvalue weighted by atomic mass is 35.5. The van der Waals surface area contributed by atoms with Crippen LogP contribution in [0.1, 0.15) is 5.56 Å². The number of nitrogen functional groups attached to an aromatic ring is 1. The van der Waals surface area contributed by atoms with E-state index in [4.69, 9.17) is 28.9 Å². The van der Waals surface area contributed by atoms with E-state index in [0.717, 1.165) is 11.3 Å². The summed E-state index contributed by atoms with van der Waals surface area (Å²) in [7, 11) is 0. The smallest absolute Gasteiger partial charge is 0.238 e. The summed E-state index contributed by atoms with van der Waals surface area (Å²) in [5.41, 5.74) is 7.76. The van der Waals surface area contributed by atoms with Crippen LogP contribution in [0, 0.1) is 0 Å². The summed E-state index contributed by atoms with van der Waals surface area (Å²) in [5, 5.41) is 3.37. The molecule has 6 heteroatoms. The van der Waals surface area contributed by atoms with Gasteiger partial charge in [-0.1, -0.05) is 41.4 Å². The molecule has 1 atom stereocenters. The fourth-order valence-electron chi connectivity index (χ4n) is 2.21. The summed E-state index contributed by atoms with van der Waals surface area (Å²) in [6, 6.07) is 11.3. The lowest BCUT2D eigenvalue weighted by atomic mass is 10.1. The molecule has 1 amide bonds. The molecule has 2 aromatic rings. The number of anilines is 2. The van der Waals surface area contributed by atoms with Gasteiger partial charge in [-0.05, 0) is 30.2 Å². The molecule has 108 valence electrons. The summed E-state index contributed by atoms with van der Waals surface area (Å²) in [4.78, 5) is 13.5. The van der Waals surface area contributed by atoms with E-state index in [-0.39, 0.29) is 11.2 Å². The highest BCUT2D eigenvalue weighted by molar-refractivity contribution is 8.01. The molecule has 0 spiro atoms. The molecule has 3 N–H and O–H groups in total. The predicted molar refractivity (Wildman–Crippen MR) is 89.3 cm³/mol. The summed E-state index contributed by atoms with van der Waals surface area (Å²) >= 11 is 13.5. The summed E-state index contributed by atoms with van der Waals surface area (Å²) < 4.78 is 0. The Hall–Kier alpha value is -1.36. The first-order valence-corrected chi connectivity index (χ1v) is 7.98. The zero-order valence-corrected chi connectivity index (χ0v) is 13.2. The molecule has 1 aliphatic rings. The van der Waals surface area contributed by atoms with Gasteiger partial charge in [-0.15, -0.1) is 11.8 Å². The number of benzene rings is 2. The highest BCUT2D eigenvalue weighted by Gasteiger charge is 2.28. The van der Waals surface area contributed by atoms with Gasteiger partial charge in [0.1, 0.15) is 0 Å². The van der Waals surface area contributed by atoms with Crippen LogP contribution < -0.4 is 11.1 Å². The van der Waals surface area contributed by atoms with Crippen molar-refractivity contribution in [2.45, 2.75) is 16.6 Å². The Balaban J connectivity index is 1.74. The molecule has 0 aliphatic carbocycles. The third-order valence-corrected chi connectivity index (χ3v) is 5.23. The average molecular weight is 339 g/mol. The van der Waals surface area contributed by atoms with Crippen molar-refractivity contribution in [1.29, 1.82) is 0 Å². The number of hydrogen-bond donors (Lipinski definition) is 2. The second kappa shape index (κ2) is 5.79. The Kier molecular flexibility index (Phi) is 4.02. The first-order valence-electron chi connectivity index (χ1n) is 6.34. The number of thioether (sulfide) groups is 1. The average Bonchev–Trinajstić information content (AvgIpc) is 2.88. The second-order valence-corrected chi connectivity index (χ2v) is 6.82. The lowest BCUT2D eigenvalue weighted by Gasteiger charge is -2.11. The maximum absolute atomic E-state index is 12.3. The number of amides is 1. The molecular weight excluding hydrogens is 327 g/mol. The Bertz CT molecular complexity index is 673. The molecule has 0 fully saturated rings. The molecule has 1 aliphatic heterocycles. The van der Waals surface area contributed by atoms with Crippen molar-refractivity contribution in [3.63, 3.8) is 0 Å². The number of fused-ring (bicyclic) bond motifs is 1. The van der Waals surface area contributed by atoms with Crippen molar-refractivity contribution in [3.8, 4) is 0 Å². The van der Waals surface area contributed by atoms with E-state index >= 15 is 0 Å². The number of carbonyl (C=O) groups excluding carboxylic acids is 1. The van der Waals surface area contributed by atoms with E-state index in [1.807, 2.05) is 24.3 Å². The van der Waals surface area contributed by atoms with Gasteiger partial charge in [0.2, 0.25) is 5.91 Å². The SMILES string of the molecule is Nc1c(Cl)cc(NC(=O)C2Cc3ccccc3S2)cc1Cl. The van der Waals surface area contributed by atoms with Gasteiger partial charge in [0.05, 0.1) is 21.0 Å². The summed E-state index contributed by atoms with van der Waals surface area (Å²) in [6.45, 7) is 0. The predicted octanol–water partition coefficient (Wildman–Crippen LogP) is 4.23. The maximum atomic E-state index is 12.3. The van der Waals surface area contributed by atoms with E-state index in [1.165, 1.54) is 5.56 Å². The minimum atomic E-state index is -0.141. The number of nitrogens with one attached hydrogen (secondary N) is 1. The third-order valence-electron chi connectivity index (χ3n) is 3.29. The van der Waals surface area contributed by atoms with Crippen LogP contribution in [-0.2, 0) is 11.2 Å². The van der Waals surface area contributed by atoms with Crippen molar-refractivity contribution in [2.24, 2.45) is 0 Å². The third kappa shape index (κ3) is 2.98.